The molecular formula is C21H22O2. The topological polar surface area (TPSA) is 37.3 Å². The Morgan fingerprint density at radius 3 is 2.30 bits per heavy atom. The fraction of sp³-hybridized carbons (Fsp3) is 0.190. The zero-order valence-corrected chi connectivity index (χ0v) is 14.1. The van der Waals surface area contributed by atoms with E-state index in [1.54, 1.807) is 13.0 Å². The number of rotatable bonds is 4. The Hall–Kier alpha value is -2.61. The summed E-state index contributed by atoms with van der Waals surface area (Å²) in [5.74, 6) is -0.923. The van der Waals surface area contributed by atoms with Crippen LogP contribution >= 0.6 is 0 Å². The van der Waals surface area contributed by atoms with Gasteiger partial charge in [0.05, 0.1) is 0 Å². The Labute approximate surface area is 137 Å². The molecule has 0 aliphatic heterocycles. The van der Waals surface area contributed by atoms with Gasteiger partial charge in [0.25, 0.3) is 0 Å². The molecule has 2 nitrogen and oxygen atoms in total. The van der Waals surface area contributed by atoms with Crippen LogP contribution in [0.25, 0.3) is 16.3 Å². The highest BCUT2D eigenvalue weighted by atomic mass is 16.4. The molecule has 2 aromatic rings. The second-order valence-electron chi connectivity index (χ2n) is 5.93. The summed E-state index contributed by atoms with van der Waals surface area (Å²) in [6, 6.07) is 10.9. The van der Waals surface area contributed by atoms with E-state index < -0.39 is 5.97 Å². The Bertz CT molecular complexity index is 836. The SMILES string of the molecule is CC(C=CC=C(C)c1ccc2cc(C)c(C)cc2c1)=CC(=O)O. The maximum absolute atomic E-state index is 10.6. The molecule has 0 radical (unpaired) electrons. The van der Waals surface area contributed by atoms with Gasteiger partial charge in [0.2, 0.25) is 0 Å². The lowest BCUT2D eigenvalue weighted by atomic mass is 9.98. The quantitative estimate of drug-likeness (QED) is 0.602. The average Bonchev–Trinajstić information content (AvgIpc) is 2.47. The standard InChI is InChI=1S/C21H22O2/c1-14(10-21(22)23)6-5-7-15(2)18-8-9-19-11-16(3)17(4)12-20(19)13-18/h5-13H,1-4H3,(H,22,23). The molecule has 0 unspecified atom stereocenters. The number of hydrogen-bond donors (Lipinski definition) is 1. The second-order valence-corrected chi connectivity index (χ2v) is 5.93. The molecule has 0 atom stereocenters. The van der Waals surface area contributed by atoms with Gasteiger partial charge in [-0.25, -0.2) is 4.79 Å². The predicted molar refractivity (Wildman–Crippen MR) is 97.6 cm³/mol. The number of fused-ring (bicyclic) bond motifs is 1. The highest BCUT2D eigenvalue weighted by Gasteiger charge is 2.01. The van der Waals surface area contributed by atoms with E-state index in [2.05, 4.69) is 51.1 Å². The molecule has 0 saturated carbocycles. The van der Waals surface area contributed by atoms with Crippen molar-refractivity contribution in [3.8, 4) is 0 Å². The van der Waals surface area contributed by atoms with Crippen molar-refractivity contribution in [2.45, 2.75) is 27.7 Å². The molecule has 23 heavy (non-hydrogen) atoms. The van der Waals surface area contributed by atoms with Crippen LogP contribution in [0.2, 0.25) is 0 Å². The van der Waals surface area contributed by atoms with Crippen LogP contribution in [0.4, 0.5) is 0 Å². The van der Waals surface area contributed by atoms with Crippen molar-refractivity contribution < 1.29 is 9.90 Å². The number of benzene rings is 2. The Balaban J connectivity index is 2.28. The first-order valence-corrected chi connectivity index (χ1v) is 7.64. The highest BCUT2D eigenvalue weighted by Crippen LogP contribution is 2.24. The first kappa shape index (κ1) is 16.8. The fourth-order valence-corrected chi connectivity index (χ4v) is 2.45. The highest BCUT2D eigenvalue weighted by molar-refractivity contribution is 5.87. The predicted octanol–water partition coefficient (Wildman–Crippen LogP) is 5.45. The van der Waals surface area contributed by atoms with Crippen LogP contribution < -0.4 is 0 Å². The number of carboxylic acids is 1. The maximum Gasteiger partial charge on any atom is 0.328 e. The molecule has 0 aromatic heterocycles. The Morgan fingerprint density at radius 2 is 1.65 bits per heavy atom. The van der Waals surface area contributed by atoms with Gasteiger partial charge in [-0.3, -0.25) is 0 Å². The van der Waals surface area contributed by atoms with Gasteiger partial charge in [-0.15, -0.1) is 0 Å². The third-order valence-corrected chi connectivity index (χ3v) is 3.96. The van der Waals surface area contributed by atoms with Crippen molar-refractivity contribution in [3.63, 3.8) is 0 Å². The summed E-state index contributed by atoms with van der Waals surface area (Å²) < 4.78 is 0. The molecular weight excluding hydrogens is 284 g/mol. The van der Waals surface area contributed by atoms with Crippen molar-refractivity contribution in [2.75, 3.05) is 0 Å². The lowest BCUT2D eigenvalue weighted by Gasteiger charge is -2.07. The number of aryl methyl sites for hydroxylation is 2. The molecule has 1 N–H and O–H groups in total. The van der Waals surface area contributed by atoms with E-state index in [9.17, 15) is 4.79 Å². The van der Waals surface area contributed by atoms with Gasteiger partial charge in [0, 0.05) is 6.08 Å². The zero-order chi connectivity index (χ0) is 17.0. The van der Waals surface area contributed by atoms with E-state index in [1.807, 2.05) is 12.2 Å². The lowest BCUT2D eigenvalue weighted by Crippen LogP contribution is -1.87. The van der Waals surface area contributed by atoms with Crippen LogP contribution in [-0.4, -0.2) is 11.1 Å². The summed E-state index contributed by atoms with van der Waals surface area (Å²) in [6.45, 7) is 8.09. The van der Waals surface area contributed by atoms with Gasteiger partial charge < -0.3 is 5.11 Å². The maximum atomic E-state index is 10.6. The van der Waals surface area contributed by atoms with E-state index in [0.29, 0.717) is 5.57 Å². The number of allylic oxidation sites excluding steroid dienone is 5. The lowest BCUT2D eigenvalue weighted by molar-refractivity contribution is -0.131. The van der Waals surface area contributed by atoms with Crippen molar-refractivity contribution in [2.24, 2.45) is 0 Å². The summed E-state index contributed by atoms with van der Waals surface area (Å²) in [7, 11) is 0. The molecule has 0 heterocycles. The Morgan fingerprint density at radius 1 is 1.00 bits per heavy atom. The first-order chi connectivity index (χ1) is 10.9. The van der Waals surface area contributed by atoms with Crippen LogP contribution in [0.3, 0.4) is 0 Å². The third-order valence-electron chi connectivity index (χ3n) is 3.96. The molecule has 0 fully saturated rings. The Kier molecular flexibility index (Phi) is 5.17. The van der Waals surface area contributed by atoms with Crippen molar-refractivity contribution in [1.29, 1.82) is 0 Å². The van der Waals surface area contributed by atoms with Crippen LogP contribution in [-0.2, 0) is 4.79 Å². The number of carboxylic acid groups (broad SMARTS) is 1. The summed E-state index contributed by atoms with van der Waals surface area (Å²) in [5, 5.41) is 11.2. The minimum atomic E-state index is -0.923. The molecule has 0 amide bonds. The third kappa shape index (κ3) is 4.43. The van der Waals surface area contributed by atoms with E-state index >= 15 is 0 Å². The van der Waals surface area contributed by atoms with Gasteiger partial charge in [-0.05, 0) is 72.4 Å². The number of hydrogen-bond acceptors (Lipinski definition) is 1. The molecule has 2 heteroatoms. The van der Waals surface area contributed by atoms with Gasteiger partial charge in [0.15, 0.2) is 0 Å². The monoisotopic (exact) mass is 306 g/mol. The van der Waals surface area contributed by atoms with Crippen molar-refractivity contribution in [3.05, 3.63) is 76.9 Å². The summed E-state index contributed by atoms with van der Waals surface area (Å²) in [6.07, 6.45) is 6.88. The fourth-order valence-electron chi connectivity index (χ4n) is 2.45. The van der Waals surface area contributed by atoms with E-state index in [4.69, 9.17) is 5.11 Å². The smallest absolute Gasteiger partial charge is 0.328 e. The minimum Gasteiger partial charge on any atom is -0.478 e. The molecule has 2 aromatic carbocycles. The van der Waals surface area contributed by atoms with Crippen LogP contribution in [0.1, 0.15) is 30.5 Å². The van der Waals surface area contributed by atoms with Crippen LogP contribution in [0.15, 0.2) is 60.2 Å². The molecule has 0 saturated heterocycles. The molecule has 0 spiro atoms. The number of aliphatic carboxylic acids is 1. The van der Waals surface area contributed by atoms with Crippen LogP contribution in [0, 0.1) is 13.8 Å². The summed E-state index contributed by atoms with van der Waals surface area (Å²) in [5.41, 5.74) is 5.63. The van der Waals surface area contributed by atoms with E-state index in [1.165, 1.54) is 33.5 Å². The van der Waals surface area contributed by atoms with Gasteiger partial charge in [-0.1, -0.05) is 42.5 Å². The van der Waals surface area contributed by atoms with Crippen molar-refractivity contribution >= 4 is 22.3 Å². The molecule has 0 bridgehead atoms. The van der Waals surface area contributed by atoms with Gasteiger partial charge in [0.1, 0.15) is 0 Å². The van der Waals surface area contributed by atoms with Crippen molar-refractivity contribution in [1.82, 2.24) is 0 Å². The second kappa shape index (κ2) is 7.10. The minimum absolute atomic E-state index is 0.714. The van der Waals surface area contributed by atoms with Gasteiger partial charge in [-0.2, -0.15) is 0 Å². The zero-order valence-electron chi connectivity index (χ0n) is 14.1. The first-order valence-electron chi connectivity index (χ1n) is 7.64. The average molecular weight is 306 g/mol. The normalized spacial score (nSPS) is 13.0. The molecule has 0 aliphatic carbocycles. The van der Waals surface area contributed by atoms with E-state index in [-0.39, 0.29) is 0 Å². The number of carbonyl (C=O) groups is 1. The molecule has 2 rings (SSSR count). The van der Waals surface area contributed by atoms with Crippen LogP contribution in [0.5, 0.6) is 0 Å². The largest absolute Gasteiger partial charge is 0.478 e. The molecule has 118 valence electrons. The summed E-state index contributed by atoms with van der Waals surface area (Å²) >= 11 is 0. The summed E-state index contributed by atoms with van der Waals surface area (Å²) in [4.78, 5) is 10.6. The molecule has 0 aliphatic rings. The van der Waals surface area contributed by atoms with Gasteiger partial charge >= 0.3 is 5.97 Å². The van der Waals surface area contributed by atoms with E-state index in [0.717, 1.165) is 5.57 Å².